The molecule has 3 aliphatic carbocycles. The lowest BCUT2D eigenvalue weighted by atomic mass is 9.50. The molecule has 2 unspecified atom stereocenters. The lowest BCUT2D eigenvalue weighted by molar-refractivity contribution is -0.385. The maximum atomic E-state index is 11.6. The summed E-state index contributed by atoms with van der Waals surface area (Å²) in [5.41, 5.74) is 0.551. The summed E-state index contributed by atoms with van der Waals surface area (Å²) in [5, 5.41) is 34.1. The third-order valence-electron chi connectivity index (χ3n) is 8.38. The van der Waals surface area contributed by atoms with Crippen molar-refractivity contribution in [2.45, 2.75) is 42.8 Å². The summed E-state index contributed by atoms with van der Waals surface area (Å²) >= 11 is 0. The third-order valence-corrected chi connectivity index (χ3v) is 8.38. The number of nitro groups is 1. The number of aliphatic hydroxyl groups excluding tert-OH is 2. The van der Waals surface area contributed by atoms with Crippen LogP contribution < -0.4 is 4.74 Å². The van der Waals surface area contributed by atoms with Gasteiger partial charge in [0.15, 0.2) is 0 Å². The van der Waals surface area contributed by atoms with E-state index in [0.29, 0.717) is 11.3 Å². The van der Waals surface area contributed by atoms with Gasteiger partial charge in [-0.3, -0.25) is 10.1 Å². The van der Waals surface area contributed by atoms with E-state index in [2.05, 4.69) is 18.0 Å². The molecule has 8 heteroatoms. The second kappa shape index (κ2) is 6.51. The fraction of sp³-hybridized carbons (Fsp3) is 0.500. The van der Waals surface area contributed by atoms with Crippen molar-refractivity contribution < 1.29 is 24.6 Å². The van der Waals surface area contributed by atoms with Crippen molar-refractivity contribution in [3.05, 3.63) is 69.3 Å². The van der Waals surface area contributed by atoms with E-state index in [9.17, 15) is 20.3 Å². The van der Waals surface area contributed by atoms with Crippen LogP contribution in [0.15, 0.2) is 53.6 Å². The van der Waals surface area contributed by atoms with Gasteiger partial charge in [0.25, 0.3) is 5.69 Å². The number of nitro benzene ring substituents is 1. The highest BCUT2D eigenvalue weighted by atomic mass is 16.6. The van der Waals surface area contributed by atoms with Gasteiger partial charge in [-0.2, -0.15) is 0 Å². The topological polar surface area (TPSA) is 105 Å². The monoisotopic (exact) mass is 438 g/mol. The Hall–Kier alpha value is -2.52. The Kier molecular flexibility index (Phi) is 4.09. The summed E-state index contributed by atoms with van der Waals surface area (Å²) in [6, 6.07) is 4.67. The molecular weight excluding hydrogens is 412 g/mol. The van der Waals surface area contributed by atoms with E-state index in [4.69, 9.17) is 9.47 Å². The zero-order valence-corrected chi connectivity index (χ0v) is 18.0. The van der Waals surface area contributed by atoms with Crippen molar-refractivity contribution in [3.8, 4) is 5.75 Å². The first kappa shape index (κ1) is 20.1. The molecule has 2 saturated heterocycles. The summed E-state index contributed by atoms with van der Waals surface area (Å²) in [5.74, 6) is 0.541. The van der Waals surface area contributed by atoms with Crippen molar-refractivity contribution in [2.24, 2.45) is 11.3 Å². The molecule has 1 spiro atoms. The lowest BCUT2D eigenvalue weighted by Crippen LogP contribution is -2.62. The Labute approximate surface area is 185 Å². The van der Waals surface area contributed by atoms with E-state index in [0.717, 1.165) is 30.5 Å². The summed E-state index contributed by atoms with van der Waals surface area (Å²) in [6.07, 6.45) is 6.71. The molecule has 0 amide bonds. The van der Waals surface area contributed by atoms with Crippen molar-refractivity contribution in [2.75, 3.05) is 20.7 Å². The highest BCUT2D eigenvalue weighted by Gasteiger charge is 2.72. The van der Waals surface area contributed by atoms with Crippen LogP contribution in [-0.4, -0.2) is 65.1 Å². The van der Waals surface area contributed by atoms with Gasteiger partial charge in [-0.15, -0.1) is 0 Å². The normalized spacial score (nSPS) is 41.6. The van der Waals surface area contributed by atoms with E-state index in [1.165, 1.54) is 19.2 Å². The molecule has 1 aromatic carbocycles. The van der Waals surface area contributed by atoms with Crippen LogP contribution in [0, 0.1) is 21.4 Å². The Morgan fingerprint density at radius 2 is 2.09 bits per heavy atom. The van der Waals surface area contributed by atoms with Crippen molar-refractivity contribution in [3.63, 3.8) is 0 Å². The van der Waals surface area contributed by atoms with Gasteiger partial charge < -0.3 is 24.6 Å². The van der Waals surface area contributed by atoms with Gasteiger partial charge in [0, 0.05) is 35.1 Å². The minimum atomic E-state index is -1.35. The molecule has 32 heavy (non-hydrogen) atoms. The number of hydrogen-bond donors (Lipinski definition) is 2. The number of likely N-dealkylation sites (tertiary alicyclic amines) is 1. The maximum absolute atomic E-state index is 11.6. The van der Waals surface area contributed by atoms with E-state index in [-0.39, 0.29) is 17.6 Å². The Morgan fingerprint density at radius 3 is 2.84 bits per heavy atom. The number of piperidine rings is 1. The Balaban J connectivity index is 1.68. The van der Waals surface area contributed by atoms with Gasteiger partial charge in [-0.05, 0) is 43.6 Å². The van der Waals surface area contributed by atoms with E-state index in [1.54, 1.807) is 18.2 Å². The summed E-state index contributed by atoms with van der Waals surface area (Å²) in [6.45, 7) is 0.848. The van der Waals surface area contributed by atoms with Gasteiger partial charge in [0.2, 0.25) is 0 Å². The molecule has 2 aliphatic heterocycles. The molecule has 1 aromatic rings. The van der Waals surface area contributed by atoms with Crippen LogP contribution in [0.4, 0.5) is 5.69 Å². The first-order chi connectivity index (χ1) is 15.3. The van der Waals surface area contributed by atoms with Gasteiger partial charge in [-0.25, -0.2) is 0 Å². The molecule has 2 fully saturated rings. The number of non-ortho nitro benzene ring substituents is 1. The minimum absolute atomic E-state index is 0.0951. The fourth-order valence-electron chi connectivity index (χ4n) is 7.11. The Morgan fingerprint density at radius 1 is 1.28 bits per heavy atom. The number of rotatable bonds is 3. The second-order valence-electron chi connectivity index (χ2n) is 9.56. The highest BCUT2D eigenvalue weighted by molar-refractivity contribution is 5.60. The van der Waals surface area contributed by atoms with Crippen LogP contribution in [0.25, 0.3) is 0 Å². The van der Waals surface area contributed by atoms with Crippen LogP contribution >= 0.6 is 0 Å². The summed E-state index contributed by atoms with van der Waals surface area (Å²) in [4.78, 5) is 13.5. The third kappa shape index (κ3) is 2.21. The second-order valence-corrected chi connectivity index (χ2v) is 9.56. The average molecular weight is 438 g/mol. The van der Waals surface area contributed by atoms with Gasteiger partial charge >= 0.3 is 0 Å². The largest absolute Gasteiger partial charge is 0.496 e. The summed E-state index contributed by atoms with van der Waals surface area (Å²) in [7, 11) is 3.64. The van der Waals surface area contributed by atoms with E-state index in [1.807, 2.05) is 6.08 Å². The molecule has 2 heterocycles. The number of nitrogens with zero attached hydrogens (tertiary/aromatic N) is 2. The molecule has 8 nitrogen and oxygen atoms in total. The van der Waals surface area contributed by atoms with Crippen LogP contribution in [0.3, 0.4) is 0 Å². The number of allylic oxidation sites excluding steroid dienone is 1. The van der Waals surface area contributed by atoms with Gasteiger partial charge in [0.05, 0.1) is 24.2 Å². The molecule has 2 N–H and O–H groups in total. The van der Waals surface area contributed by atoms with E-state index < -0.39 is 34.3 Å². The van der Waals surface area contributed by atoms with E-state index >= 15 is 0 Å². The minimum Gasteiger partial charge on any atom is -0.496 e. The SMILES string of the molecule is COc1ccc([N+](=O)[O-])cc1C12O[C@H]3[C@@H](O)C=C[C@H]4[C@H]5CC(=C1[C@]43CCN5C)C=CC2O. The van der Waals surface area contributed by atoms with Gasteiger partial charge in [0.1, 0.15) is 17.5 Å². The molecular formula is C24H26N2O6. The standard InChI is InChI=1S/C24H26N2O6/c1-25-10-9-23-15-5-6-18(27)22(23)32-24(16-12-14(26(29)30)4-7-19(16)31-2)20(28)8-3-13(21(23)24)11-17(15)25/h3-8,12,15,17-18,20,22,27-28H,9-11H2,1-2H3/t15-,17+,18-,20?,22-,23-,24?/m0/s1. The first-order valence-electron chi connectivity index (χ1n) is 11.0. The molecule has 5 aliphatic rings. The fourth-order valence-corrected chi connectivity index (χ4v) is 7.11. The highest BCUT2D eigenvalue weighted by Crippen LogP contribution is 2.70. The van der Waals surface area contributed by atoms with Crippen molar-refractivity contribution in [1.82, 2.24) is 4.90 Å². The van der Waals surface area contributed by atoms with Crippen molar-refractivity contribution >= 4 is 5.69 Å². The lowest BCUT2D eigenvalue weighted by Gasteiger charge is -2.58. The van der Waals surface area contributed by atoms with Crippen molar-refractivity contribution in [1.29, 1.82) is 0 Å². The first-order valence-corrected chi connectivity index (χ1v) is 11.0. The molecule has 0 aromatic heterocycles. The maximum Gasteiger partial charge on any atom is 0.270 e. The molecule has 6 rings (SSSR count). The number of hydrogen-bond acceptors (Lipinski definition) is 7. The number of methoxy groups -OCH3 is 1. The zero-order valence-electron chi connectivity index (χ0n) is 18.0. The molecule has 0 radical (unpaired) electrons. The quantitative estimate of drug-likeness (QED) is 0.423. The summed E-state index contributed by atoms with van der Waals surface area (Å²) < 4.78 is 12.4. The zero-order chi connectivity index (χ0) is 22.4. The predicted molar refractivity (Wildman–Crippen MR) is 115 cm³/mol. The van der Waals surface area contributed by atoms with Crippen LogP contribution in [0.5, 0.6) is 5.75 Å². The number of aliphatic hydroxyl groups is 2. The van der Waals surface area contributed by atoms with Crippen LogP contribution in [-0.2, 0) is 10.3 Å². The van der Waals surface area contributed by atoms with Crippen LogP contribution in [0.2, 0.25) is 0 Å². The predicted octanol–water partition coefficient (Wildman–Crippen LogP) is 2.07. The van der Waals surface area contributed by atoms with Crippen LogP contribution in [0.1, 0.15) is 18.4 Å². The number of ether oxygens (including phenoxy) is 2. The molecule has 0 saturated carbocycles. The average Bonchev–Trinajstić information content (AvgIpc) is 3.11. The Bertz CT molecular complexity index is 1110. The molecule has 2 bridgehead atoms. The molecule has 168 valence electrons. The smallest absolute Gasteiger partial charge is 0.270 e. The van der Waals surface area contributed by atoms with Gasteiger partial charge in [-0.1, -0.05) is 24.3 Å². The molecule has 7 atom stereocenters. The number of benzene rings is 1.